The van der Waals surface area contributed by atoms with E-state index in [-0.39, 0.29) is 18.1 Å². The zero-order valence-corrected chi connectivity index (χ0v) is 24.4. The Kier molecular flexibility index (Phi) is 10.7. The molecule has 7 heteroatoms. The summed E-state index contributed by atoms with van der Waals surface area (Å²) in [5, 5.41) is 11.9. The second-order valence-corrected chi connectivity index (χ2v) is 10.6. The summed E-state index contributed by atoms with van der Waals surface area (Å²) in [5.41, 5.74) is 3.14. The van der Waals surface area contributed by atoms with Gasteiger partial charge in [0.1, 0.15) is 23.4 Å². The molecule has 4 aromatic rings. The third kappa shape index (κ3) is 7.41. The van der Waals surface area contributed by atoms with Gasteiger partial charge in [0.2, 0.25) is 0 Å². The molecule has 1 N–H and O–H groups in total. The molecule has 4 aromatic carbocycles. The second kappa shape index (κ2) is 15.0. The fraction of sp³-hybridized carbons (Fsp3) is 0.371. The first-order chi connectivity index (χ1) is 20.7. The average Bonchev–Trinajstić information content (AvgIpc) is 3.05. The summed E-state index contributed by atoms with van der Waals surface area (Å²) >= 11 is 0. The van der Waals surface area contributed by atoms with Crippen LogP contribution in [0.4, 0.5) is 0 Å². The molecule has 1 aliphatic rings. The molecule has 0 aliphatic heterocycles. The highest BCUT2D eigenvalue weighted by Crippen LogP contribution is 2.38. The molecule has 0 aromatic heterocycles. The van der Waals surface area contributed by atoms with E-state index in [0.29, 0.717) is 26.4 Å². The van der Waals surface area contributed by atoms with Gasteiger partial charge in [0.15, 0.2) is 0 Å². The fourth-order valence-electron chi connectivity index (χ4n) is 5.79. The number of fused-ring (bicyclic) bond motifs is 1. The number of benzene rings is 4. The quantitative estimate of drug-likeness (QED) is 0.0950. The molecular formula is C35H40O7. The van der Waals surface area contributed by atoms with Crippen LogP contribution in [-0.2, 0) is 27.6 Å². The normalized spacial score (nSPS) is 18.6. The van der Waals surface area contributed by atoms with Crippen molar-refractivity contribution in [3.8, 4) is 17.2 Å². The number of hydrogen-bond acceptors (Lipinski definition) is 7. The van der Waals surface area contributed by atoms with E-state index in [0.717, 1.165) is 70.4 Å². The number of rotatable bonds is 14. The maximum Gasteiger partial charge on any atom is 0.127 e. The van der Waals surface area contributed by atoms with Crippen molar-refractivity contribution in [3.63, 3.8) is 0 Å². The first-order valence-electron chi connectivity index (χ1n) is 14.6. The third-order valence-corrected chi connectivity index (χ3v) is 7.90. The molecule has 3 atom stereocenters. The van der Waals surface area contributed by atoms with E-state index in [2.05, 4.69) is 18.2 Å². The Morgan fingerprint density at radius 1 is 0.762 bits per heavy atom. The number of para-hydroxylation sites is 1. The maximum atomic E-state index is 9.74. The summed E-state index contributed by atoms with van der Waals surface area (Å²) in [6.45, 7) is 2.10. The van der Waals surface area contributed by atoms with Crippen LogP contribution in [0.2, 0.25) is 0 Å². The van der Waals surface area contributed by atoms with Crippen LogP contribution in [0.5, 0.6) is 17.2 Å². The highest BCUT2D eigenvalue weighted by Gasteiger charge is 2.36. The van der Waals surface area contributed by atoms with Crippen molar-refractivity contribution in [2.75, 3.05) is 27.4 Å². The fourth-order valence-corrected chi connectivity index (χ4v) is 5.79. The Hall–Kier alpha value is -3.62. The molecule has 1 saturated carbocycles. The standard InChI is InChI=1S/C35H40O7/c1-37-31-12-6-4-10-28(31)24-39-19-8-20-40-29-17-15-26(16-18-29)35-32(13-7-14-33(35)42-36)41-23-25-21-27-9-3-5-11-30(27)34(22-25)38-2/h3-6,9-12,15-18,21-22,32-33,35-36H,7-8,13-14,19-20,23-24H2,1-2H3/t32-,33+,35+/m0/s1. The summed E-state index contributed by atoms with van der Waals surface area (Å²) in [7, 11) is 3.36. The lowest BCUT2D eigenvalue weighted by molar-refractivity contribution is -0.295. The molecule has 0 radical (unpaired) electrons. The molecule has 0 heterocycles. The van der Waals surface area contributed by atoms with Gasteiger partial charge in [-0.05, 0) is 66.1 Å². The minimum atomic E-state index is -0.331. The molecular weight excluding hydrogens is 532 g/mol. The zero-order chi connectivity index (χ0) is 29.1. The maximum absolute atomic E-state index is 9.74. The topological polar surface area (TPSA) is 75.6 Å². The van der Waals surface area contributed by atoms with Crippen molar-refractivity contribution in [2.45, 2.75) is 57.0 Å². The van der Waals surface area contributed by atoms with E-state index in [4.69, 9.17) is 28.6 Å². The van der Waals surface area contributed by atoms with E-state index in [1.807, 2.05) is 66.7 Å². The third-order valence-electron chi connectivity index (χ3n) is 7.90. The van der Waals surface area contributed by atoms with Gasteiger partial charge in [-0.15, -0.1) is 0 Å². The minimum Gasteiger partial charge on any atom is -0.496 e. The van der Waals surface area contributed by atoms with Crippen molar-refractivity contribution in [1.29, 1.82) is 0 Å². The lowest BCUT2D eigenvalue weighted by atomic mass is 9.79. The van der Waals surface area contributed by atoms with Crippen molar-refractivity contribution in [3.05, 3.63) is 102 Å². The van der Waals surface area contributed by atoms with E-state index in [1.54, 1.807) is 14.2 Å². The van der Waals surface area contributed by atoms with Crippen molar-refractivity contribution in [1.82, 2.24) is 0 Å². The molecule has 0 spiro atoms. The Bertz CT molecular complexity index is 1400. The van der Waals surface area contributed by atoms with Crippen LogP contribution < -0.4 is 14.2 Å². The zero-order valence-electron chi connectivity index (χ0n) is 24.4. The predicted molar refractivity (Wildman–Crippen MR) is 162 cm³/mol. The summed E-state index contributed by atoms with van der Waals surface area (Å²) in [5.74, 6) is 2.37. The van der Waals surface area contributed by atoms with Crippen LogP contribution in [0.15, 0.2) is 84.9 Å². The monoisotopic (exact) mass is 572 g/mol. The molecule has 1 fully saturated rings. The van der Waals surface area contributed by atoms with Crippen molar-refractivity contribution < 1.29 is 33.8 Å². The molecule has 0 amide bonds. The number of ether oxygens (including phenoxy) is 5. The van der Waals surface area contributed by atoms with Crippen LogP contribution in [-0.4, -0.2) is 44.9 Å². The van der Waals surface area contributed by atoms with Crippen molar-refractivity contribution >= 4 is 10.8 Å². The molecule has 1 aliphatic carbocycles. The van der Waals surface area contributed by atoms with Gasteiger partial charge in [-0.3, -0.25) is 5.26 Å². The van der Waals surface area contributed by atoms with Gasteiger partial charge >= 0.3 is 0 Å². The van der Waals surface area contributed by atoms with Crippen molar-refractivity contribution in [2.24, 2.45) is 0 Å². The highest BCUT2D eigenvalue weighted by molar-refractivity contribution is 5.89. The number of hydrogen-bond donors (Lipinski definition) is 1. The Balaban J connectivity index is 1.15. The molecule has 0 bridgehead atoms. The Labute approximate surface area is 247 Å². The van der Waals surface area contributed by atoms with Gasteiger partial charge in [0.25, 0.3) is 0 Å². The lowest BCUT2D eigenvalue weighted by Crippen LogP contribution is -2.37. The van der Waals surface area contributed by atoms with E-state index in [9.17, 15) is 5.26 Å². The molecule has 5 rings (SSSR count). The van der Waals surface area contributed by atoms with Crippen LogP contribution in [0.25, 0.3) is 10.8 Å². The SMILES string of the molecule is COc1ccccc1COCCCOc1ccc([C@@H]2[C@@H](OCc3cc(OC)c4ccccc4c3)CCC[C@H]2OO)cc1. The van der Waals surface area contributed by atoms with Gasteiger partial charge in [-0.1, -0.05) is 54.6 Å². The van der Waals surface area contributed by atoms with E-state index in [1.165, 1.54) is 0 Å². The minimum absolute atomic E-state index is 0.0940. The summed E-state index contributed by atoms with van der Waals surface area (Å²) in [6, 6.07) is 28.3. The first kappa shape index (κ1) is 29.9. The first-order valence-corrected chi connectivity index (χ1v) is 14.6. The van der Waals surface area contributed by atoms with Gasteiger partial charge in [0.05, 0.1) is 46.8 Å². The smallest absolute Gasteiger partial charge is 0.127 e. The van der Waals surface area contributed by atoms with Gasteiger partial charge in [-0.25, -0.2) is 4.89 Å². The van der Waals surface area contributed by atoms with Gasteiger partial charge in [0, 0.05) is 23.3 Å². The summed E-state index contributed by atoms with van der Waals surface area (Å²) in [4.78, 5) is 4.96. The molecule has 0 saturated heterocycles. The van der Waals surface area contributed by atoms with Crippen LogP contribution in [0.1, 0.15) is 48.3 Å². The van der Waals surface area contributed by atoms with Crippen LogP contribution in [0.3, 0.4) is 0 Å². The van der Waals surface area contributed by atoms with E-state index < -0.39 is 0 Å². The highest BCUT2D eigenvalue weighted by atomic mass is 17.1. The Morgan fingerprint density at radius 2 is 1.52 bits per heavy atom. The molecule has 42 heavy (non-hydrogen) atoms. The average molecular weight is 573 g/mol. The molecule has 0 unspecified atom stereocenters. The molecule has 7 nitrogen and oxygen atoms in total. The predicted octanol–water partition coefficient (Wildman–Crippen LogP) is 7.55. The van der Waals surface area contributed by atoms with E-state index >= 15 is 0 Å². The largest absolute Gasteiger partial charge is 0.496 e. The summed E-state index contributed by atoms with van der Waals surface area (Å²) in [6.07, 6.45) is 2.94. The lowest BCUT2D eigenvalue weighted by Gasteiger charge is -2.36. The van der Waals surface area contributed by atoms with Gasteiger partial charge in [-0.2, -0.15) is 0 Å². The number of methoxy groups -OCH3 is 2. The second-order valence-electron chi connectivity index (χ2n) is 10.6. The van der Waals surface area contributed by atoms with Crippen LogP contribution >= 0.6 is 0 Å². The van der Waals surface area contributed by atoms with Crippen LogP contribution in [0, 0.1) is 0 Å². The Morgan fingerprint density at radius 3 is 2.33 bits per heavy atom. The summed E-state index contributed by atoms with van der Waals surface area (Å²) < 4.78 is 29.3. The molecule has 222 valence electrons. The van der Waals surface area contributed by atoms with Gasteiger partial charge < -0.3 is 23.7 Å².